The van der Waals surface area contributed by atoms with Gasteiger partial charge in [-0.3, -0.25) is 14.3 Å². The molecule has 0 radical (unpaired) electrons. The molecule has 1 aliphatic heterocycles. The molecule has 0 saturated heterocycles. The molecule has 2 N–H and O–H groups in total. The Kier molecular flexibility index (Phi) is 6.66. The minimum absolute atomic E-state index is 0.0464. The lowest BCUT2D eigenvalue weighted by Crippen LogP contribution is -2.31. The summed E-state index contributed by atoms with van der Waals surface area (Å²) in [5.41, 5.74) is 1.96. The Morgan fingerprint density at radius 1 is 1.23 bits per heavy atom. The molecule has 1 aromatic rings. The second-order valence-corrected chi connectivity index (χ2v) is 7.45. The molecule has 2 aliphatic rings. The minimum atomic E-state index is -0.0735. The number of nitrogens with zero attached hydrogens (tertiary/aromatic N) is 3. The summed E-state index contributed by atoms with van der Waals surface area (Å²) in [4.78, 5) is 26.3. The lowest BCUT2D eigenvalue weighted by Gasteiger charge is -2.21. The van der Waals surface area contributed by atoms with Gasteiger partial charge in [0, 0.05) is 38.9 Å². The molecule has 3 rings (SSSR count). The number of amides is 2. The number of rotatable bonds is 7. The molecule has 0 aromatic carbocycles. The fourth-order valence-electron chi connectivity index (χ4n) is 3.97. The summed E-state index contributed by atoms with van der Waals surface area (Å²) in [5, 5.41) is 16.0. The van der Waals surface area contributed by atoms with Gasteiger partial charge >= 0.3 is 0 Å². The quantitative estimate of drug-likeness (QED) is 0.764. The molecule has 7 nitrogen and oxygen atoms in total. The third-order valence-corrected chi connectivity index (χ3v) is 5.40. The molecule has 26 heavy (non-hydrogen) atoms. The Morgan fingerprint density at radius 2 is 2.04 bits per heavy atom. The first-order valence-corrected chi connectivity index (χ1v) is 9.86. The van der Waals surface area contributed by atoms with Gasteiger partial charge in [0.2, 0.25) is 11.8 Å². The van der Waals surface area contributed by atoms with Gasteiger partial charge in [-0.05, 0) is 31.2 Å². The number of carbonyl (C=O) groups excluding carboxylic acids is 2. The summed E-state index contributed by atoms with van der Waals surface area (Å²) in [5.74, 6) is 0.774. The Hall–Kier alpha value is -1.89. The maximum absolute atomic E-state index is 12.7. The first kappa shape index (κ1) is 18.9. The standard InChI is InChI=1S/C19H30N4O3/c24-11-8-20-18(25)7-6-16-13-17-14-22(9-3-10-23(17)21-16)19(26)12-15-4-1-2-5-15/h13,15,24H,1-12,14H2,(H,20,25). The molecule has 144 valence electrons. The highest BCUT2D eigenvalue weighted by Gasteiger charge is 2.24. The Morgan fingerprint density at radius 3 is 2.81 bits per heavy atom. The number of hydrogen-bond donors (Lipinski definition) is 2. The Labute approximate surface area is 154 Å². The number of aliphatic hydroxyl groups is 1. The summed E-state index contributed by atoms with van der Waals surface area (Å²) in [6.45, 7) is 2.48. The second-order valence-electron chi connectivity index (χ2n) is 7.45. The molecular weight excluding hydrogens is 332 g/mol. The molecule has 1 aliphatic carbocycles. The van der Waals surface area contributed by atoms with Crippen LogP contribution >= 0.6 is 0 Å². The molecule has 2 heterocycles. The van der Waals surface area contributed by atoms with Crippen molar-refractivity contribution >= 4 is 11.8 Å². The van der Waals surface area contributed by atoms with Crippen LogP contribution in [-0.4, -0.2) is 51.3 Å². The third kappa shape index (κ3) is 5.06. The van der Waals surface area contributed by atoms with Crippen LogP contribution < -0.4 is 5.32 Å². The highest BCUT2D eigenvalue weighted by Crippen LogP contribution is 2.28. The van der Waals surface area contributed by atoms with E-state index in [1.54, 1.807) is 0 Å². The molecular formula is C19H30N4O3. The molecule has 0 spiro atoms. The maximum Gasteiger partial charge on any atom is 0.223 e. The van der Waals surface area contributed by atoms with Crippen molar-refractivity contribution in [3.05, 3.63) is 17.5 Å². The van der Waals surface area contributed by atoms with Gasteiger partial charge in [-0.1, -0.05) is 12.8 Å². The summed E-state index contributed by atoms with van der Waals surface area (Å²) in [6.07, 6.45) is 7.46. The van der Waals surface area contributed by atoms with Gasteiger partial charge in [0.15, 0.2) is 0 Å². The largest absolute Gasteiger partial charge is 0.395 e. The zero-order valence-corrected chi connectivity index (χ0v) is 15.5. The van der Waals surface area contributed by atoms with E-state index in [1.807, 2.05) is 15.6 Å². The number of carbonyl (C=O) groups is 2. The maximum atomic E-state index is 12.7. The van der Waals surface area contributed by atoms with Crippen LogP contribution in [0.25, 0.3) is 0 Å². The van der Waals surface area contributed by atoms with E-state index in [0.29, 0.717) is 31.7 Å². The van der Waals surface area contributed by atoms with Crippen molar-refractivity contribution < 1.29 is 14.7 Å². The minimum Gasteiger partial charge on any atom is -0.395 e. The molecule has 0 bridgehead atoms. The smallest absolute Gasteiger partial charge is 0.223 e. The van der Waals surface area contributed by atoms with Gasteiger partial charge < -0.3 is 15.3 Å². The van der Waals surface area contributed by atoms with Crippen LogP contribution in [0.4, 0.5) is 0 Å². The van der Waals surface area contributed by atoms with Crippen LogP contribution in [0.3, 0.4) is 0 Å². The molecule has 1 fully saturated rings. The first-order valence-electron chi connectivity index (χ1n) is 9.86. The first-order chi connectivity index (χ1) is 12.7. The molecule has 1 saturated carbocycles. The van der Waals surface area contributed by atoms with E-state index >= 15 is 0 Å². The van der Waals surface area contributed by atoms with E-state index in [4.69, 9.17) is 5.11 Å². The van der Waals surface area contributed by atoms with Gasteiger partial charge in [-0.25, -0.2) is 0 Å². The normalized spacial score (nSPS) is 17.8. The predicted molar refractivity (Wildman–Crippen MR) is 97.3 cm³/mol. The topological polar surface area (TPSA) is 87.5 Å². The Bertz CT molecular complexity index is 622. The van der Waals surface area contributed by atoms with Gasteiger partial charge in [-0.2, -0.15) is 5.10 Å². The van der Waals surface area contributed by atoms with E-state index < -0.39 is 0 Å². The van der Waals surface area contributed by atoms with Crippen molar-refractivity contribution in [1.82, 2.24) is 20.0 Å². The second kappa shape index (κ2) is 9.16. The van der Waals surface area contributed by atoms with E-state index in [9.17, 15) is 9.59 Å². The van der Waals surface area contributed by atoms with Crippen LogP contribution in [0.1, 0.15) is 56.3 Å². The van der Waals surface area contributed by atoms with E-state index in [0.717, 1.165) is 30.9 Å². The fourth-order valence-corrected chi connectivity index (χ4v) is 3.97. The van der Waals surface area contributed by atoms with Crippen molar-refractivity contribution in [2.24, 2.45) is 5.92 Å². The van der Waals surface area contributed by atoms with Crippen molar-refractivity contribution in [2.75, 3.05) is 19.7 Å². The highest BCUT2D eigenvalue weighted by molar-refractivity contribution is 5.76. The van der Waals surface area contributed by atoms with Gasteiger partial charge in [-0.15, -0.1) is 0 Å². The monoisotopic (exact) mass is 362 g/mol. The van der Waals surface area contributed by atoms with Crippen molar-refractivity contribution in [3.63, 3.8) is 0 Å². The molecule has 0 atom stereocenters. The predicted octanol–water partition coefficient (Wildman–Crippen LogP) is 1.24. The van der Waals surface area contributed by atoms with Crippen LogP contribution in [0.5, 0.6) is 0 Å². The molecule has 1 aromatic heterocycles. The lowest BCUT2D eigenvalue weighted by atomic mass is 10.0. The zero-order valence-electron chi connectivity index (χ0n) is 15.5. The third-order valence-electron chi connectivity index (χ3n) is 5.40. The van der Waals surface area contributed by atoms with E-state index in [1.165, 1.54) is 25.7 Å². The van der Waals surface area contributed by atoms with Gasteiger partial charge in [0.05, 0.1) is 24.5 Å². The van der Waals surface area contributed by atoms with Crippen LogP contribution in [0.2, 0.25) is 0 Å². The number of aliphatic hydroxyl groups excluding tert-OH is 1. The van der Waals surface area contributed by atoms with E-state index in [-0.39, 0.29) is 25.0 Å². The van der Waals surface area contributed by atoms with Crippen LogP contribution in [0, 0.1) is 5.92 Å². The average molecular weight is 362 g/mol. The van der Waals surface area contributed by atoms with Crippen molar-refractivity contribution in [3.8, 4) is 0 Å². The van der Waals surface area contributed by atoms with E-state index in [2.05, 4.69) is 10.4 Å². The van der Waals surface area contributed by atoms with Crippen LogP contribution in [-0.2, 0) is 29.1 Å². The molecule has 7 heteroatoms. The molecule has 2 amide bonds. The number of nitrogens with one attached hydrogen (secondary N) is 1. The van der Waals surface area contributed by atoms with Gasteiger partial charge in [0.1, 0.15) is 0 Å². The Balaban J connectivity index is 1.54. The van der Waals surface area contributed by atoms with Crippen molar-refractivity contribution in [2.45, 2.75) is 64.5 Å². The van der Waals surface area contributed by atoms with Gasteiger partial charge in [0.25, 0.3) is 0 Å². The highest BCUT2D eigenvalue weighted by atomic mass is 16.3. The summed E-state index contributed by atoms with van der Waals surface area (Å²) in [6, 6.07) is 2.03. The average Bonchev–Trinajstić information content (AvgIpc) is 3.23. The SMILES string of the molecule is O=C(CCc1cc2n(n1)CCCN(C(=O)CC1CCCC1)C2)NCCO. The zero-order chi connectivity index (χ0) is 18.4. The summed E-state index contributed by atoms with van der Waals surface area (Å²) < 4.78 is 1.99. The van der Waals surface area contributed by atoms with Crippen LogP contribution in [0.15, 0.2) is 6.07 Å². The summed E-state index contributed by atoms with van der Waals surface area (Å²) >= 11 is 0. The summed E-state index contributed by atoms with van der Waals surface area (Å²) in [7, 11) is 0. The fraction of sp³-hybridized carbons (Fsp3) is 0.737. The molecule has 0 unspecified atom stereocenters. The number of aromatic nitrogens is 2. The van der Waals surface area contributed by atoms with Crippen molar-refractivity contribution in [1.29, 1.82) is 0 Å². The lowest BCUT2D eigenvalue weighted by molar-refractivity contribution is -0.132. The number of aryl methyl sites for hydroxylation is 2. The number of hydrogen-bond acceptors (Lipinski definition) is 4. The number of fused-ring (bicyclic) bond motifs is 1.